The second kappa shape index (κ2) is 7.54. The van der Waals surface area contributed by atoms with Crippen LogP contribution in [0.15, 0.2) is 96.0 Å². The van der Waals surface area contributed by atoms with Gasteiger partial charge in [-0.1, -0.05) is 91.0 Å². The third-order valence-corrected chi connectivity index (χ3v) is 4.98. The monoisotopic (exact) mass is 354 g/mol. The highest BCUT2D eigenvalue weighted by atomic mass is 32.2. The van der Waals surface area contributed by atoms with E-state index in [4.69, 9.17) is 0 Å². The fourth-order valence-corrected chi connectivity index (χ4v) is 3.67. The first-order chi connectivity index (χ1) is 12.9. The van der Waals surface area contributed by atoms with Crippen molar-refractivity contribution in [1.82, 2.24) is 10.2 Å². The largest absolute Gasteiger partial charge is 0.149 e. The van der Waals surface area contributed by atoms with E-state index in [1.165, 1.54) is 0 Å². The third-order valence-electron chi connectivity index (χ3n) is 4.31. The molecule has 4 rings (SSSR count). The van der Waals surface area contributed by atoms with Crippen LogP contribution in [0, 0.1) is 0 Å². The molecule has 3 heteroatoms. The molecule has 0 fully saturated rings. The first kappa shape index (κ1) is 16.6. The van der Waals surface area contributed by atoms with E-state index in [0.29, 0.717) is 0 Å². The molecule has 0 saturated heterocycles. The van der Waals surface area contributed by atoms with E-state index < -0.39 is 0 Å². The standard InChI is InChI=1S/C23H18N2S/c1-26-23-21(18-13-7-3-8-14-18)20(17-11-5-2-6-12-17)22(24-25-23)19-15-9-4-10-16-19/h2-16H,1H3. The minimum absolute atomic E-state index is 0.911. The van der Waals surface area contributed by atoms with Crippen molar-refractivity contribution in [2.24, 2.45) is 0 Å². The van der Waals surface area contributed by atoms with Crippen molar-refractivity contribution >= 4 is 11.8 Å². The Morgan fingerprint density at radius 2 is 1.00 bits per heavy atom. The Balaban J connectivity index is 2.09. The van der Waals surface area contributed by atoms with Crippen molar-refractivity contribution in [2.75, 3.05) is 6.26 Å². The summed E-state index contributed by atoms with van der Waals surface area (Å²) in [5, 5.41) is 10.1. The van der Waals surface area contributed by atoms with Gasteiger partial charge in [0.25, 0.3) is 0 Å². The van der Waals surface area contributed by atoms with Gasteiger partial charge in [0.2, 0.25) is 0 Å². The lowest BCUT2D eigenvalue weighted by Gasteiger charge is -2.17. The summed E-state index contributed by atoms with van der Waals surface area (Å²) in [4.78, 5) is 0. The quantitative estimate of drug-likeness (QED) is 0.408. The SMILES string of the molecule is CSc1nnc(-c2ccccc2)c(-c2ccccc2)c1-c1ccccc1. The maximum atomic E-state index is 4.61. The number of rotatable bonds is 4. The lowest BCUT2D eigenvalue weighted by atomic mass is 9.92. The molecule has 0 bridgehead atoms. The molecule has 26 heavy (non-hydrogen) atoms. The molecule has 3 aromatic carbocycles. The van der Waals surface area contributed by atoms with Crippen LogP contribution in [-0.2, 0) is 0 Å². The lowest BCUT2D eigenvalue weighted by molar-refractivity contribution is 0.944. The summed E-state index contributed by atoms with van der Waals surface area (Å²) in [5.41, 5.74) is 6.55. The highest BCUT2D eigenvalue weighted by Gasteiger charge is 2.20. The van der Waals surface area contributed by atoms with Gasteiger partial charge in [0, 0.05) is 16.7 Å². The number of aromatic nitrogens is 2. The summed E-state index contributed by atoms with van der Waals surface area (Å²) < 4.78 is 0. The van der Waals surface area contributed by atoms with E-state index in [1.807, 2.05) is 36.6 Å². The van der Waals surface area contributed by atoms with E-state index in [2.05, 4.69) is 70.9 Å². The highest BCUT2D eigenvalue weighted by molar-refractivity contribution is 7.98. The van der Waals surface area contributed by atoms with Gasteiger partial charge in [0.1, 0.15) is 10.7 Å². The molecule has 0 unspecified atom stereocenters. The minimum atomic E-state index is 0.911. The molecule has 0 aliphatic carbocycles. The molecule has 0 amide bonds. The molecular weight excluding hydrogens is 336 g/mol. The van der Waals surface area contributed by atoms with Crippen LogP contribution >= 0.6 is 11.8 Å². The molecule has 0 N–H and O–H groups in total. The summed E-state index contributed by atoms with van der Waals surface area (Å²) >= 11 is 1.63. The molecular formula is C23H18N2S. The van der Waals surface area contributed by atoms with Crippen LogP contribution in [0.2, 0.25) is 0 Å². The van der Waals surface area contributed by atoms with Crippen molar-refractivity contribution in [3.63, 3.8) is 0 Å². The van der Waals surface area contributed by atoms with Crippen molar-refractivity contribution in [1.29, 1.82) is 0 Å². The van der Waals surface area contributed by atoms with Crippen molar-refractivity contribution in [3.8, 4) is 33.5 Å². The molecule has 1 heterocycles. The zero-order chi connectivity index (χ0) is 17.8. The Hall–Kier alpha value is -2.91. The molecule has 1 aromatic heterocycles. The van der Waals surface area contributed by atoms with Crippen molar-refractivity contribution in [3.05, 3.63) is 91.0 Å². The first-order valence-corrected chi connectivity index (χ1v) is 9.72. The Kier molecular flexibility index (Phi) is 4.80. The second-order valence-corrected chi connectivity index (χ2v) is 6.70. The maximum Gasteiger partial charge on any atom is 0.127 e. The van der Waals surface area contributed by atoms with E-state index in [9.17, 15) is 0 Å². The van der Waals surface area contributed by atoms with Crippen molar-refractivity contribution in [2.45, 2.75) is 5.03 Å². The van der Waals surface area contributed by atoms with Crippen LogP contribution in [0.25, 0.3) is 33.5 Å². The van der Waals surface area contributed by atoms with Gasteiger partial charge in [-0.2, -0.15) is 0 Å². The van der Waals surface area contributed by atoms with Crippen LogP contribution in [-0.4, -0.2) is 16.5 Å². The number of benzene rings is 3. The Morgan fingerprint density at radius 1 is 0.538 bits per heavy atom. The summed E-state index contributed by atoms with van der Waals surface area (Å²) in [5.74, 6) is 0. The summed E-state index contributed by atoms with van der Waals surface area (Å²) in [6.07, 6.45) is 2.05. The molecule has 126 valence electrons. The van der Waals surface area contributed by atoms with Crippen LogP contribution < -0.4 is 0 Å². The number of thioether (sulfide) groups is 1. The molecule has 0 saturated carbocycles. The molecule has 0 aliphatic heterocycles. The number of nitrogens with zero attached hydrogens (tertiary/aromatic N) is 2. The average molecular weight is 354 g/mol. The van der Waals surface area contributed by atoms with Gasteiger partial charge in [-0.05, 0) is 17.4 Å². The molecule has 0 spiro atoms. The lowest BCUT2D eigenvalue weighted by Crippen LogP contribution is -1.99. The normalized spacial score (nSPS) is 10.7. The Morgan fingerprint density at radius 3 is 1.50 bits per heavy atom. The van der Waals surface area contributed by atoms with Crippen LogP contribution in [0.1, 0.15) is 0 Å². The van der Waals surface area contributed by atoms with Gasteiger partial charge in [-0.3, -0.25) is 0 Å². The zero-order valence-corrected chi connectivity index (χ0v) is 15.3. The average Bonchev–Trinajstić information content (AvgIpc) is 2.74. The van der Waals surface area contributed by atoms with Gasteiger partial charge in [0.15, 0.2) is 0 Å². The highest BCUT2D eigenvalue weighted by Crippen LogP contribution is 2.42. The van der Waals surface area contributed by atoms with Gasteiger partial charge in [-0.15, -0.1) is 22.0 Å². The minimum Gasteiger partial charge on any atom is -0.149 e. The fraction of sp³-hybridized carbons (Fsp3) is 0.0435. The molecule has 0 aliphatic rings. The van der Waals surface area contributed by atoms with Crippen molar-refractivity contribution < 1.29 is 0 Å². The summed E-state index contributed by atoms with van der Waals surface area (Å²) in [7, 11) is 0. The summed E-state index contributed by atoms with van der Waals surface area (Å²) in [6, 6.07) is 31.2. The van der Waals surface area contributed by atoms with Gasteiger partial charge >= 0.3 is 0 Å². The van der Waals surface area contributed by atoms with Crippen LogP contribution in [0.5, 0.6) is 0 Å². The third kappa shape index (κ3) is 3.14. The smallest absolute Gasteiger partial charge is 0.127 e. The molecule has 2 nitrogen and oxygen atoms in total. The predicted octanol–water partition coefficient (Wildman–Crippen LogP) is 6.20. The maximum absolute atomic E-state index is 4.61. The molecule has 0 radical (unpaired) electrons. The second-order valence-electron chi connectivity index (χ2n) is 5.91. The summed E-state index contributed by atoms with van der Waals surface area (Å²) in [6.45, 7) is 0. The molecule has 0 atom stereocenters. The van der Waals surface area contributed by atoms with Gasteiger partial charge in [0.05, 0.1) is 0 Å². The number of hydrogen-bond donors (Lipinski definition) is 0. The predicted molar refractivity (Wildman–Crippen MR) is 110 cm³/mol. The Labute approximate surface area is 157 Å². The first-order valence-electron chi connectivity index (χ1n) is 8.49. The van der Waals surface area contributed by atoms with E-state index in [1.54, 1.807) is 11.8 Å². The van der Waals surface area contributed by atoms with Crippen LogP contribution in [0.4, 0.5) is 0 Å². The Bertz CT molecular complexity index is 1000. The van der Waals surface area contributed by atoms with E-state index >= 15 is 0 Å². The van der Waals surface area contributed by atoms with Crippen LogP contribution in [0.3, 0.4) is 0 Å². The van der Waals surface area contributed by atoms with Gasteiger partial charge in [-0.25, -0.2) is 0 Å². The number of hydrogen-bond acceptors (Lipinski definition) is 3. The fourth-order valence-electron chi connectivity index (χ4n) is 3.12. The molecule has 4 aromatic rings. The topological polar surface area (TPSA) is 25.8 Å². The van der Waals surface area contributed by atoms with E-state index in [0.717, 1.165) is 38.5 Å². The van der Waals surface area contributed by atoms with Gasteiger partial charge < -0.3 is 0 Å². The zero-order valence-electron chi connectivity index (χ0n) is 14.5. The van der Waals surface area contributed by atoms with E-state index in [-0.39, 0.29) is 0 Å².